The van der Waals surface area contributed by atoms with Crippen LogP contribution in [0.25, 0.3) is 0 Å². The van der Waals surface area contributed by atoms with Crippen molar-refractivity contribution >= 4 is 0 Å². The van der Waals surface area contributed by atoms with E-state index < -0.39 is 0 Å². The van der Waals surface area contributed by atoms with E-state index >= 15 is 0 Å². The summed E-state index contributed by atoms with van der Waals surface area (Å²) in [6.07, 6.45) is 2.88. The van der Waals surface area contributed by atoms with Crippen molar-refractivity contribution in [2.24, 2.45) is 0 Å². The van der Waals surface area contributed by atoms with Gasteiger partial charge in [-0.05, 0) is 34.1 Å². The first-order valence-corrected chi connectivity index (χ1v) is 7.05. The molecular formula is C14H30N2O. The van der Waals surface area contributed by atoms with Crippen molar-refractivity contribution < 1.29 is 4.74 Å². The van der Waals surface area contributed by atoms with Gasteiger partial charge in [0.05, 0.1) is 12.7 Å². The quantitative estimate of drug-likeness (QED) is 0.773. The second kappa shape index (κ2) is 6.72. The summed E-state index contributed by atoms with van der Waals surface area (Å²) in [5.74, 6) is 0. The number of nitrogens with one attached hydrogen (secondary N) is 1. The van der Waals surface area contributed by atoms with Crippen molar-refractivity contribution in [1.82, 2.24) is 10.2 Å². The van der Waals surface area contributed by atoms with E-state index in [0.717, 1.165) is 26.2 Å². The van der Waals surface area contributed by atoms with Gasteiger partial charge in [0.15, 0.2) is 0 Å². The molecule has 0 aromatic carbocycles. The van der Waals surface area contributed by atoms with E-state index in [4.69, 9.17) is 4.74 Å². The van der Waals surface area contributed by atoms with Crippen LogP contribution in [-0.4, -0.2) is 48.8 Å². The topological polar surface area (TPSA) is 24.5 Å². The Morgan fingerprint density at radius 1 is 1.41 bits per heavy atom. The van der Waals surface area contributed by atoms with Crippen LogP contribution in [0.2, 0.25) is 0 Å². The van der Waals surface area contributed by atoms with Crippen LogP contribution in [0.5, 0.6) is 0 Å². The second-order valence-electron chi connectivity index (χ2n) is 6.10. The smallest absolute Gasteiger partial charge is 0.0597 e. The number of piperazine rings is 1. The average molecular weight is 242 g/mol. The van der Waals surface area contributed by atoms with Crippen molar-refractivity contribution in [2.75, 3.05) is 26.2 Å². The maximum absolute atomic E-state index is 5.68. The Labute approximate surface area is 107 Å². The molecule has 102 valence electrons. The summed E-state index contributed by atoms with van der Waals surface area (Å²) in [6.45, 7) is 15.2. The molecule has 1 heterocycles. The predicted molar refractivity (Wildman–Crippen MR) is 73.4 cm³/mol. The first-order chi connectivity index (χ1) is 7.94. The van der Waals surface area contributed by atoms with E-state index in [1.165, 1.54) is 12.8 Å². The van der Waals surface area contributed by atoms with Crippen molar-refractivity contribution in [2.45, 2.75) is 65.1 Å². The van der Waals surface area contributed by atoms with E-state index in [0.29, 0.717) is 12.1 Å². The molecule has 1 atom stereocenters. The molecule has 0 spiro atoms. The Hall–Kier alpha value is -0.120. The van der Waals surface area contributed by atoms with Crippen LogP contribution in [0.4, 0.5) is 0 Å². The molecule has 0 radical (unpaired) electrons. The van der Waals surface area contributed by atoms with Gasteiger partial charge in [-0.25, -0.2) is 0 Å². The Kier molecular flexibility index (Phi) is 5.90. The fourth-order valence-corrected chi connectivity index (χ4v) is 2.50. The molecule has 1 aliphatic heterocycles. The molecule has 0 bridgehead atoms. The van der Waals surface area contributed by atoms with E-state index in [1.807, 2.05) is 0 Å². The number of hydrogen-bond acceptors (Lipinski definition) is 3. The number of ether oxygens (including phenoxy) is 1. The van der Waals surface area contributed by atoms with Gasteiger partial charge in [-0.15, -0.1) is 0 Å². The van der Waals surface area contributed by atoms with Crippen LogP contribution in [0.3, 0.4) is 0 Å². The monoisotopic (exact) mass is 242 g/mol. The Bertz CT molecular complexity index is 216. The van der Waals surface area contributed by atoms with Gasteiger partial charge < -0.3 is 10.1 Å². The molecular weight excluding hydrogens is 212 g/mol. The molecule has 1 unspecified atom stereocenters. The summed E-state index contributed by atoms with van der Waals surface area (Å²) in [5.41, 5.74) is 0.238. The summed E-state index contributed by atoms with van der Waals surface area (Å²) in [5, 5.41) is 3.64. The third-order valence-corrected chi connectivity index (χ3v) is 3.38. The third kappa shape index (κ3) is 5.36. The van der Waals surface area contributed by atoms with Crippen molar-refractivity contribution in [3.05, 3.63) is 0 Å². The van der Waals surface area contributed by atoms with Crippen LogP contribution in [0.15, 0.2) is 0 Å². The maximum Gasteiger partial charge on any atom is 0.0597 e. The van der Waals surface area contributed by atoms with Crippen molar-refractivity contribution in [3.8, 4) is 0 Å². The molecule has 3 nitrogen and oxygen atoms in total. The second-order valence-corrected chi connectivity index (χ2v) is 6.10. The van der Waals surface area contributed by atoms with Gasteiger partial charge in [0.2, 0.25) is 0 Å². The minimum Gasteiger partial charge on any atom is -0.377 e. The minimum absolute atomic E-state index is 0.238. The lowest BCUT2D eigenvalue weighted by Crippen LogP contribution is -2.62. The van der Waals surface area contributed by atoms with Gasteiger partial charge in [-0.3, -0.25) is 4.90 Å². The van der Waals surface area contributed by atoms with Crippen LogP contribution in [-0.2, 0) is 4.74 Å². The van der Waals surface area contributed by atoms with E-state index in [9.17, 15) is 0 Å². The predicted octanol–water partition coefficient (Wildman–Crippen LogP) is 2.26. The summed E-state index contributed by atoms with van der Waals surface area (Å²) in [7, 11) is 0. The van der Waals surface area contributed by atoms with Gasteiger partial charge in [-0.1, -0.05) is 13.3 Å². The zero-order chi connectivity index (χ0) is 12.9. The van der Waals surface area contributed by atoms with Gasteiger partial charge >= 0.3 is 0 Å². The maximum atomic E-state index is 5.68. The van der Waals surface area contributed by atoms with E-state index in [1.54, 1.807) is 0 Å². The highest BCUT2D eigenvalue weighted by Gasteiger charge is 2.31. The lowest BCUT2D eigenvalue weighted by atomic mass is 9.97. The van der Waals surface area contributed by atoms with Crippen LogP contribution in [0, 0.1) is 0 Å². The first kappa shape index (κ1) is 14.9. The van der Waals surface area contributed by atoms with E-state index in [-0.39, 0.29) is 5.54 Å². The molecule has 17 heavy (non-hydrogen) atoms. The molecule has 1 N–H and O–H groups in total. The Morgan fingerprint density at radius 3 is 2.71 bits per heavy atom. The van der Waals surface area contributed by atoms with E-state index in [2.05, 4.69) is 44.8 Å². The molecule has 0 aromatic rings. The molecule has 1 rings (SSSR count). The van der Waals surface area contributed by atoms with Gasteiger partial charge in [0.1, 0.15) is 0 Å². The molecule has 1 aliphatic rings. The van der Waals surface area contributed by atoms with Crippen molar-refractivity contribution in [1.29, 1.82) is 0 Å². The van der Waals surface area contributed by atoms with Gasteiger partial charge in [0.25, 0.3) is 0 Å². The molecule has 0 aliphatic carbocycles. The van der Waals surface area contributed by atoms with Crippen molar-refractivity contribution in [3.63, 3.8) is 0 Å². The normalized spacial score (nSPS) is 25.4. The molecule has 1 fully saturated rings. The highest BCUT2D eigenvalue weighted by Crippen LogP contribution is 2.17. The lowest BCUT2D eigenvalue weighted by molar-refractivity contribution is 0.0247. The SMILES string of the molecule is CCCC1CNC(C)(C)CN1CCOC(C)C. The van der Waals surface area contributed by atoms with Crippen LogP contribution >= 0.6 is 0 Å². The largest absolute Gasteiger partial charge is 0.377 e. The first-order valence-electron chi connectivity index (χ1n) is 7.05. The fourth-order valence-electron chi connectivity index (χ4n) is 2.50. The number of rotatable bonds is 6. The molecule has 1 saturated heterocycles. The van der Waals surface area contributed by atoms with Gasteiger partial charge in [-0.2, -0.15) is 0 Å². The Morgan fingerprint density at radius 2 is 2.12 bits per heavy atom. The lowest BCUT2D eigenvalue weighted by Gasteiger charge is -2.44. The van der Waals surface area contributed by atoms with Gasteiger partial charge in [0, 0.05) is 31.2 Å². The molecule has 0 amide bonds. The zero-order valence-electron chi connectivity index (χ0n) is 12.3. The molecule has 3 heteroatoms. The fraction of sp³-hybridized carbons (Fsp3) is 1.00. The van der Waals surface area contributed by atoms with Crippen LogP contribution in [0.1, 0.15) is 47.5 Å². The summed E-state index contributed by atoms with van der Waals surface area (Å²) < 4.78 is 5.68. The number of nitrogens with zero attached hydrogens (tertiary/aromatic N) is 1. The zero-order valence-corrected chi connectivity index (χ0v) is 12.3. The summed E-state index contributed by atoms with van der Waals surface area (Å²) >= 11 is 0. The minimum atomic E-state index is 0.238. The third-order valence-electron chi connectivity index (χ3n) is 3.38. The Balaban J connectivity index is 2.43. The number of hydrogen-bond donors (Lipinski definition) is 1. The summed E-state index contributed by atoms with van der Waals surface area (Å²) in [4.78, 5) is 2.60. The molecule has 0 saturated carbocycles. The average Bonchev–Trinajstić information content (AvgIpc) is 2.21. The highest BCUT2D eigenvalue weighted by molar-refractivity contribution is 4.91. The summed E-state index contributed by atoms with van der Waals surface area (Å²) in [6, 6.07) is 0.684. The highest BCUT2D eigenvalue weighted by atomic mass is 16.5. The molecule has 0 aromatic heterocycles. The van der Waals surface area contributed by atoms with Crippen LogP contribution < -0.4 is 5.32 Å². The standard InChI is InChI=1S/C14H30N2O/c1-6-7-13-10-15-14(4,5)11-16(13)8-9-17-12(2)3/h12-13,15H,6-11H2,1-5H3.